The summed E-state index contributed by atoms with van der Waals surface area (Å²) in [5.74, 6) is -0.286. The van der Waals surface area contributed by atoms with Gasteiger partial charge in [-0.05, 0) is 25.0 Å². The Hall–Kier alpha value is -0.700. The molecule has 0 heterocycles. The summed E-state index contributed by atoms with van der Waals surface area (Å²) < 4.78 is 14.3. The first-order valence-electron chi connectivity index (χ1n) is 4.60. The van der Waals surface area contributed by atoms with Crippen LogP contribution < -0.4 is 0 Å². The van der Waals surface area contributed by atoms with E-state index in [-0.39, 0.29) is 5.82 Å². The second-order valence-corrected chi connectivity index (χ2v) is 4.67. The van der Waals surface area contributed by atoms with Crippen molar-refractivity contribution in [3.8, 4) is 0 Å². The van der Waals surface area contributed by atoms with Crippen LogP contribution in [0.5, 0.6) is 0 Å². The van der Waals surface area contributed by atoms with E-state index in [1.807, 2.05) is 0 Å². The summed E-state index contributed by atoms with van der Waals surface area (Å²) in [6.45, 7) is 0. The summed E-state index contributed by atoms with van der Waals surface area (Å²) in [6.07, 6.45) is 3.45. The number of halogens is 2. The Bertz CT molecular complexity index is 372. The minimum Gasteiger partial charge on any atom is -0.302 e. The van der Waals surface area contributed by atoms with Crippen LogP contribution in [0.4, 0.5) is 4.39 Å². The molecule has 2 rings (SSSR count). The Labute approximate surface area is 90.4 Å². The van der Waals surface area contributed by atoms with Gasteiger partial charge in [0, 0.05) is 10.0 Å². The molecule has 1 aromatic rings. The maximum Gasteiger partial charge on any atom is 0.130 e. The van der Waals surface area contributed by atoms with Gasteiger partial charge in [0.05, 0.1) is 5.41 Å². The van der Waals surface area contributed by atoms with Crippen LogP contribution in [-0.4, -0.2) is 6.29 Å². The summed E-state index contributed by atoms with van der Waals surface area (Å²) in [5, 5.41) is 0. The largest absolute Gasteiger partial charge is 0.302 e. The van der Waals surface area contributed by atoms with Crippen LogP contribution in [0.2, 0.25) is 0 Å². The Morgan fingerprint density at radius 3 is 2.57 bits per heavy atom. The highest BCUT2D eigenvalue weighted by atomic mass is 79.9. The van der Waals surface area contributed by atoms with Crippen molar-refractivity contribution in [1.82, 2.24) is 0 Å². The molecule has 0 N–H and O–H groups in total. The molecule has 1 aromatic carbocycles. The molecule has 0 amide bonds. The fourth-order valence-electron chi connectivity index (χ4n) is 1.90. The molecular weight excluding hydrogens is 247 g/mol. The van der Waals surface area contributed by atoms with E-state index in [0.29, 0.717) is 10.0 Å². The van der Waals surface area contributed by atoms with Crippen molar-refractivity contribution in [1.29, 1.82) is 0 Å². The summed E-state index contributed by atoms with van der Waals surface area (Å²) in [5.41, 5.74) is 0.00655. The van der Waals surface area contributed by atoms with E-state index < -0.39 is 5.41 Å². The average Bonchev–Trinajstić information content (AvgIpc) is 2.07. The van der Waals surface area contributed by atoms with Crippen LogP contribution >= 0.6 is 15.9 Å². The lowest BCUT2D eigenvalue weighted by molar-refractivity contribution is -0.115. The Morgan fingerprint density at radius 1 is 1.43 bits per heavy atom. The lowest BCUT2D eigenvalue weighted by Crippen LogP contribution is -2.36. The lowest BCUT2D eigenvalue weighted by Gasteiger charge is -2.37. The second kappa shape index (κ2) is 3.46. The zero-order valence-corrected chi connectivity index (χ0v) is 9.18. The third-order valence-corrected chi connectivity index (χ3v) is 3.43. The SMILES string of the molecule is O=CC1(c2ccc(Br)cc2F)CCC1. The summed E-state index contributed by atoms with van der Waals surface area (Å²) >= 11 is 3.20. The van der Waals surface area contributed by atoms with Crippen LogP contribution in [0, 0.1) is 5.82 Å². The van der Waals surface area contributed by atoms with E-state index in [4.69, 9.17) is 0 Å². The highest BCUT2D eigenvalue weighted by Gasteiger charge is 2.40. The molecule has 0 atom stereocenters. The van der Waals surface area contributed by atoms with Crippen LogP contribution in [0.1, 0.15) is 24.8 Å². The van der Waals surface area contributed by atoms with Crippen LogP contribution in [0.25, 0.3) is 0 Å². The second-order valence-electron chi connectivity index (χ2n) is 3.75. The van der Waals surface area contributed by atoms with Gasteiger partial charge in [-0.2, -0.15) is 0 Å². The molecule has 1 fully saturated rings. The van der Waals surface area contributed by atoms with E-state index in [1.165, 1.54) is 6.07 Å². The van der Waals surface area contributed by atoms with Gasteiger partial charge < -0.3 is 4.79 Å². The lowest BCUT2D eigenvalue weighted by atomic mass is 9.65. The molecule has 1 nitrogen and oxygen atoms in total. The van der Waals surface area contributed by atoms with Crippen molar-refractivity contribution in [2.45, 2.75) is 24.7 Å². The van der Waals surface area contributed by atoms with E-state index >= 15 is 0 Å². The number of benzene rings is 1. The van der Waals surface area contributed by atoms with Gasteiger partial charge in [0.2, 0.25) is 0 Å². The number of hydrogen-bond acceptors (Lipinski definition) is 1. The molecule has 0 saturated heterocycles. The minimum atomic E-state index is -0.537. The monoisotopic (exact) mass is 256 g/mol. The molecule has 1 aliphatic carbocycles. The summed E-state index contributed by atoms with van der Waals surface area (Å²) in [4.78, 5) is 11.0. The molecule has 14 heavy (non-hydrogen) atoms. The molecule has 1 aliphatic rings. The van der Waals surface area contributed by atoms with E-state index in [9.17, 15) is 9.18 Å². The van der Waals surface area contributed by atoms with Crippen molar-refractivity contribution in [3.63, 3.8) is 0 Å². The first kappa shape index (κ1) is 9.84. The summed E-state index contributed by atoms with van der Waals surface area (Å²) in [7, 11) is 0. The zero-order valence-electron chi connectivity index (χ0n) is 7.59. The van der Waals surface area contributed by atoms with Gasteiger partial charge in [-0.25, -0.2) is 4.39 Å². The molecule has 0 spiro atoms. The molecule has 74 valence electrons. The number of carbonyl (C=O) groups excluding carboxylic acids is 1. The number of hydrogen-bond donors (Lipinski definition) is 0. The van der Waals surface area contributed by atoms with Gasteiger partial charge in [-0.3, -0.25) is 0 Å². The predicted molar refractivity (Wildman–Crippen MR) is 55.7 cm³/mol. The minimum absolute atomic E-state index is 0.286. The van der Waals surface area contributed by atoms with Crippen molar-refractivity contribution in [2.24, 2.45) is 0 Å². The first-order valence-corrected chi connectivity index (χ1v) is 5.39. The normalized spacial score (nSPS) is 18.7. The molecule has 3 heteroatoms. The topological polar surface area (TPSA) is 17.1 Å². The van der Waals surface area contributed by atoms with Crippen LogP contribution in [-0.2, 0) is 10.2 Å². The molecule has 0 radical (unpaired) electrons. The van der Waals surface area contributed by atoms with Gasteiger partial charge in [0.25, 0.3) is 0 Å². The first-order chi connectivity index (χ1) is 6.68. The van der Waals surface area contributed by atoms with Crippen molar-refractivity contribution in [2.75, 3.05) is 0 Å². The van der Waals surface area contributed by atoms with Crippen LogP contribution in [0.15, 0.2) is 22.7 Å². The van der Waals surface area contributed by atoms with Crippen molar-refractivity contribution < 1.29 is 9.18 Å². The summed E-state index contributed by atoms with van der Waals surface area (Å²) in [6, 6.07) is 4.90. The molecule has 1 saturated carbocycles. The van der Waals surface area contributed by atoms with E-state index in [2.05, 4.69) is 15.9 Å². The maximum atomic E-state index is 13.6. The fourth-order valence-corrected chi connectivity index (χ4v) is 2.23. The highest BCUT2D eigenvalue weighted by Crippen LogP contribution is 2.43. The number of aldehydes is 1. The van der Waals surface area contributed by atoms with Gasteiger partial charge in [0.1, 0.15) is 12.1 Å². The fraction of sp³-hybridized carbons (Fsp3) is 0.364. The quantitative estimate of drug-likeness (QED) is 0.743. The third kappa shape index (κ3) is 1.40. The zero-order chi connectivity index (χ0) is 10.2. The van der Waals surface area contributed by atoms with E-state index in [1.54, 1.807) is 12.1 Å². The van der Waals surface area contributed by atoms with Crippen LogP contribution in [0.3, 0.4) is 0 Å². The molecule has 0 bridgehead atoms. The highest BCUT2D eigenvalue weighted by molar-refractivity contribution is 9.10. The van der Waals surface area contributed by atoms with Crippen molar-refractivity contribution >= 4 is 22.2 Å². The van der Waals surface area contributed by atoms with E-state index in [0.717, 1.165) is 25.5 Å². The Balaban J connectivity index is 2.45. The molecule has 0 aliphatic heterocycles. The van der Waals surface area contributed by atoms with Gasteiger partial charge >= 0.3 is 0 Å². The Kier molecular flexibility index (Phi) is 2.43. The molecule has 0 aromatic heterocycles. The Morgan fingerprint density at radius 2 is 2.14 bits per heavy atom. The third-order valence-electron chi connectivity index (χ3n) is 2.94. The number of carbonyl (C=O) groups is 1. The van der Waals surface area contributed by atoms with Crippen molar-refractivity contribution in [3.05, 3.63) is 34.1 Å². The number of rotatable bonds is 2. The standard InChI is InChI=1S/C11H10BrFO/c12-8-2-3-9(10(13)6-8)11(7-14)4-1-5-11/h2-3,6-7H,1,4-5H2. The van der Waals surface area contributed by atoms with Gasteiger partial charge in [-0.1, -0.05) is 28.4 Å². The maximum absolute atomic E-state index is 13.6. The molecule has 0 unspecified atom stereocenters. The van der Waals surface area contributed by atoms with Gasteiger partial charge in [-0.15, -0.1) is 0 Å². The predicted octanol–water partition coefficient (Wildman–Crippen LogP) is 3.21. The van der Waals surface area contributed by atoms with Gasteiger partial charge in [0.15, 0.2) is 0 Å². The molecular formula is C11H10BrFO. The smallest absolute Gasteiger partial charge is 0.130 e. The average molecular weight is 257 g/mol.